The van der Waals surface area contributed by atoms with Crippen LogP contribution in [0.4, 0.5) is 18.0 Å². The van der Waals surface area contributed by atoms with Gasteiger partial charge in [-0.3, -0.25) is 0 Å². The Morgan fingerprint density at radius 2 is 2.05 bits per heavy atom. The first-order valence-electron chi connectivity index (χ1n) is 7.27. The van der Waals surface area contributed by atoms with E-state index in [4.69, 9.17) is 0 Å². The Morgan fingerprint density at radius 3 is 2.57 bits per heavy atom. The van der Waals surface area contributed by atoms with Gasteiger partial charge in [0.2, 0.25) is 0 Å². The second-order valence-corrected chi connectivity index (χ2v) is 7.21. The Morgan fingerprint density at radius 1 is 1.38 bits per heavy atom. The molecule has 3 nitrogen and oxygen atoms in total. The second kappa shape index (κ2) is 7.61. The summed E-state index contributed by atoms with van der Waals surface area (Å²) in [6.45, 7) is 4.07. The van der Waals surface area contributed by atoms with Gasteiger partial charge in [-0.2, -0.15) is 24.9 Å². The number of amides is 2. The minimum absolute atomic E-state index is 0.0175. The summed E-state index contributed by atoms with van der Waals surface area (Å²) >= 11 is 1.76. The third-order valence-corrected chi connectivity index (χ3v) is 4.66. The molecule has 0 aromatic rings. The van der Waals surface area contributed by atoms with Crippen LogP contribution in [0.5, 0.6) is 0 Å². The average Bonchev–Trinajstić information content (AvgIpc) is 2.35. The molecule has 0 saturated carbocycles. The zero-order valence-electron chi connectivity index (χ0n) is 12.9. The first-order valence-corrected chi connectivity index (χ1v) is 8.66. The maximum Gasteiger partial charge on any atom is 0.392 e. The number of unbranched alkanes of at least 4 members (excludes halogenated alkanes) is 1. The minimum atomic E-state index is -4.19. The predicted octanol–water partition coefficient (Wildman–Crippen LogP) is 3.75. The van der Waals surface area contributed by atoms with E-state index < -0.39 is 17.5 Å². The zero-order chi connectivity index (χ0) is 16.1. The lowest BCUT2D eigenvalue weighted by Gasteiger charge is -2.44. The third-order valence-electron chi connectivity index (χ3n) is 3.96. The molecule has 1 rings (SSSR count). The highest BCUT2D eigenvalue weighted by Crippen LogP contribution is 2.44. The Kier molecular flexibility index (Phi) is 6.69. The molecule has 1 atom stereocenters. The molecule has 1 aliphatic rings. The number of nitrogens with zero attached hydrogens (tertiary/aromatic N) is 1. The molecule has 0 aliphatic carbocycles. The van der Waals surface area contributed by atoms with Gasteiger partial charge >= 0.3 is 12.2 Å². The van der Waals surface area contributed by atoms with E-state index in [1.54, 1.807) is 25.6 Å². The number of hydrogen-bond acceptors (Lipinski definition) is 2. The van der Waals surface area contributed by atoms with E-state index in [2.05, 4.69) is 5.32 Å². The minimum Gasteiger partial charge on any atom is -0.338 e. The van der Waals surface area contributed by atoms with Crippen molar-refractivity contribution in [2.45, 2.75) is 39.3 Å². The molecule has 0 unspecified atom stereocenters. The summed E-state index contributed by atoms with van der Waals surface area (Å²) in [5, 5.41) is 2.80. The fourth-order valence-corrected chi connectivity index (χ4v) is 3.31. The van der Waals surface area contributed by atoms with E-state index >= 15 is 0 Å². The zero-order valence-corrected chi connectivity index (χ0v) is 13.7. The van der Waals surface area contributed by atoms with Crippen molar-refractivity contribution in [3.05, 3.63) is 0 Å². The fourth-order valence-electron chi connectivity index (χ4n) is 2.82. The summed E-state index contributed by atoms with van der Waals surface area (Å²) in [6, 6.07) is -0.243. The van der Waals surface area contributed by atoms with Crippen LogP contribution < -0.4 is 5.32 Å². The van der Waals surface area contributed by atoms with Gasteiger partial charge in [0.05, 0.1) is 5.92 Å². The molecule has 0 bridgehead atoms. The SMILES string of the molecule is CSCCCCNC(=O)N1CC[C@@H](C(F)(F)F)C(C)(C)C1. The first kappa shape index (κ1) is 18.5. The van der Waals surface area contributed by atoms with Crippen LogP contribution in [0.1, 0.15) is 33.1 Å². The highest BCUT2D eigenvalue weighted by molar-refractivity contribution is 7.98. The van der Waals surface area contributed by atoms with Crippen molar-refractivity contribution < 1.29 is 18.0 Å². The number of carbonyl (C=O) groups is 1. The van der Waals surface area contributed by atoms with Crippen molar-refractivity contribution >= 4 is 17.8 Å². The number of hydrogen-bond donors (Lipinski definition) is 1. The lowest BCUT2D eigenvalue weighted by atomic mass is 9.73. The van der Waals surface area contributed by atoms with Gasteiger partial charge in [0, 0.05) is 19.6 Å². The van der Waals surface area contributed by atoms with E-state index in [9.17, 15) is 18.0 Å². The van der Waals surface area contributed by atoms with Crippen LogP contribution in [0.2, 0.25) is 0 Å². The van der Waals surface area contributed by atoms with Gasteiger partial charge in [0.25, 0.3) is 0 Å². The van der Waals surface area contributed by atoms with Crippen molar-refractivity contribution in [2.75, 3.05) is 31.6 Å². The monoisotopic (exact) mass is 326 g/mol. The molecule has 0 aromatic heterocycles. The predicted molar refractivity (Wildman–Crippen MR) is 80.5 cm³/mol. The van der Waals surface area contributed by atoms with Crippen LogP contribution in [-0.4, -0.2) is 48.8 Å². The van der Waals surface area contributed by atoms with Gasteiger partial charge in [-0.15, -0.1) is 0 Å². The van der Waals surface area contributed by atoms with Crippen LogP contribution in [0.15, 0.2) is 0 Å². The molecule has 0 radical (unpaired) electrons. The van der Waals surface area contributed by atoms with Crippen molar-refractivity contribution in [3.63, 3.8) is 0 Å². The van der Waals surface area contributed by atoms with Gasteiger partial charge in [0.15, 0.2) is 0 Å². The maximum atomic E-state index is 13.0. The number of urea groups is 1. The molecular weight excluding hydrogens is 301 g/mol. The molecule has 21 heavy (non-hydrogen) atoms. The molecule has 0 aromatic carbocycles. The largest absolute Gasteiger partial charge is 0.392 e. The standard InChI is InChI=1S/C14H25F3N2OS/c1-13(2)10-19(8-6-11(13)14(15,16)17)12(20)18-7-4-5-9-21-3/h11H,4-10H2,1-3H3,(H,18,20)/t11-/m1/s1. The van der Waals surface area contributed by atoms with Crippen LogP contribution in [-0.2, 0) is 0 Å². The number of piperidine rings is 1. The molecule has 1 fully saturated rings. The van der Waals surface area contributed by atoms with E-state index in [-0.39, 0.29) is 25.5 Å². The van der Waals surface area contributed by atoms with Crippen LogP contribution >= 0.6 is 11.8 Å². The molecule has 0 spiro atoms. The second-order valence-electron chi connectivity index (χ2n) is 6.22. The normalized spacial score (nSPS) is 22.2. The molecule has 7 heteroatoms. The average molecular weight is 326 g/mol. The summed E-state index contributed by atoms with van der Waals surface area (Å²) in [7, 11) is 0. The van der Waals surface area contributed by atoms with Crippen LogP contribution in [0, 0.1) is 11.3 Å². The van der Waals surface area contributed by atoms with Gasteiger partial charge < -0.3 is 10.2 Å². The Hall–Kier alpha value is -0.590. The molecular formula is C14H25F3N2OS. The Labute approximate surface area is 129 Å². The number of halogens is 3. The van der Waals surface area contributed by atoms with E-state index in [1.165, 1.54) is 4.90 Å². The smallest absolute Gasteiger partial charge is 0.338 e. The molecule has 1 N–H and O–H groups in total. The molecule has 1 heterocycles. The summed E-state index contributed by atoms with van der Waals surface area (Å²) in [5.41, 5.74) is -0.938. The number of carbonyl (C=O) groups excluding carboxylic acids is 1. The number of nitrogens with one attached hydrogen (secondary N) is 1. The number of rotatable bonds is 5. The van der Waals surface area contributed by atoms with Crippen molar-refractivity contribution in [1.82, 2.24) is 10.2 Å². The quantitative estimate of drug-likeness (QED) is 0.781. The molecule has 1 aliphatic heterocycles. The maximum absolute atomic E-state index is 13.0. The molecule has 1 saturated heterocycles. The summed E-state index contributed by atoms with van der Waals surface area (Å²) in [6.07, 6.45) is -0.246. The summed E-state index contributed by atoms with van der Waals surface area (Å²) in [4.78, 5) is 13.5. The van der Waals surface area contributed by atoms with Crippen molar-refractivity contribution in [3.8, 4) is 0 Å². The topological polar surface area (TPSA) is 32.3 Å². The Balaban J connectivity index is 2.43. The summed E-state index contributed by atoms with van der Waals surface area (Å²) in [5.74, 6) is -0.282. The first-order chi connectivity index (χ1) is 9.68. The van der Waals surface area contributed by atoms with Gasteiger partial charge in [0.1, 0.15) is 0 Å². The van der Waals surface area contributed by atoms with E-state index in [0.717, 1.165) is 18.6 Å². The highest BCUT2D eigenvalue weighted by Gasteiger charge is 2.51. The van der Waals surface area contributed by atoms with Gasteiger partial charge in [-0.05, 0) is 36.7 Å². The number of likely N-dealkylation sites (tertiary alicyclic amines) is 1. The van der Waals surface area contributed by atoms with E-state index in [0.29, 0.717) is 6.54 Å². The third kappa shape index (κ3) is 5.60. The lowest BCUT2D eigenvalue weighted by molar-refractivity contribution is -0.214. The van der Waals surface area contributed by atoms with Crippen molar-refractivity contribution in [2.24, 2.45) is 11.3 Å². The number of alkyl halides is 3. The molecule has 2 amide bonds. The van der Waals surface area contributed by atoms with Crippen LogP contribution in [0.3, 0.4) is 0 Å². The fraction of sp³-hybridized carbons (Fsp3) is 0.929. The van der Waals surface area contributed by atoms with E-state index in [1.807, 2.05) is 6.26 Å². The van der Waals surface area contributed by atoms with Crippen LogP contribution in [0.25, 0.3) is 0 Å². The lowest BCUT2D eigenvalue weighted by Crippen LogP contribution is -2.54. The summed E-state index contributed by atoms with van der Waals surface area (Å²) < 4.78 is 38.9. The van der Waals surface area contributed by atoms with Gasteiger partial charge in [-0.1, -0.05) is 13.8 Å². The highest BCUT2D eigenvalue weighted by atomic mass is 32.2. The van der Waals surface area contributed by atoms with Gasteiger partial charge in [-0.25, -0.2) is 4.79 Å². The Bertz CT molecular complexity index is 348. The molecule has 124 valence electrons. The number of thioether (sulfide) groups is 1. The van der Waals surface area contributed by atoms with Crippen molar-refractivity contribution in [1.29, 1.82) is 0 Å².